The van der Waals surface area contributed by atoms with E-state index in [-0.39, 0.29) is 17.6 Å². The van der Waals surface area contributed by atoms with Crippen LogP contribution < -0.4 is 0 Å². The van der Waals surface area contributed by atoms with Crippen LogP contribution in [-0.4, -0.2) is 47.8 Å². The quantitative estimate of drug-likeness (QED) is 0.798. The Labute approximate surface area is 159 Å². The van der Waals surface area contributed by atoms with E-state index < -0.39 is 14.6 Å². The van der Waals surface area contributed by atoms with Gasteiger partial charge in [-0.15, -0.1) is 11.3 Å². The third kappa shape index (κ3) is 4.26. The van der Waals surface area contributed by atoms with E-state index in [0.717, 1.165) is 28.6 Å². The Hall–Kier alpha value is -1.47. The SMILES string of the molecule is CC(C)(C)S(=O)(=O)CC1CCN(C(=O)Cc2ccc3ncsc3c2)CC1. The number of rotatable bonds is 4. The lowest BCUT2D eigenvalue weighted by molar-refractivity contribution is -0.131. The number of thiazole rings is 1. The van der Waals surface area contributed by atoms with E-state index in [4.69, 9.17) is 0 Å². The van der Waals surface area contributed by atoms with Crippen molar-refractivity contribution in [1.82, 2.24) is 9.88 Å². The molecule has 1 saturated heterocycles. The number of amides is 1. The molecule has 5 nitrogen and oxygen atoms in total. The molecule has 0 aliphatic carbocycles. The van der Waals surface area contributed by atoms with Crippen LogP contribution >= 0.6 is 11.3 Å². The second-order valence-corrected chi connectivity index (χ2v) is 11.7. The van der Waals surface area contributed by atoms with Crippen LogP contribution in [0.2, 0.25) is 0 Å². The summed E-state index contributed by atoms with van der Waals surface area (Å²) in [6, 6.07) is 5.95. The first-order valence-electron chi connectivity index (χ1n) is 8.98. The molecule has 0 unspecified atom stereocenters. The largest absolute Gasteiger partial charge is 0.342 e. The summed E-state index contributed by atoms with van der Waals surface area (Å²) in [4.78, 5) is 18.7. The molecule has 1 fully saturated rings. The van der Waals surface area contributed by atoms with Crippen LogP contribution in [0.15, 0.2) is 23.7 Å². The fourth-order valence-electron chi connectivity index (χ4n) is 3.21. The summed E-state index contributed by atoms with van der Waals surface area (Å²) in [6.45, 7) is 6.54. The molecule has 1 aromatic heterocycles. The van der Waals surface area contributed by atoms with Crippen LogP contribution in [0.3, 0.4) is 0 Å². The molecule has 0 bridgehead atoms. The molecule has 0 radical (unpaired) electrons. The molecule has 1 aliphatic rings. The number of carbonyl (C=O) groups is 1. The van der Waals surface area contributed by atoms with Gasteiger partial charge in [0.15, 0.2) is 9.84 Å². The Bertz CT molecular complexity index is 889. The molecule has 1 aromatic carbocycles. The third-order valence-corrected chi connectivity index (χ3v) is 8.67. The van der Waals surface area contributed by atoms with Crippen molar-refractivity contribution < 1.29 is 13.2 Å². The molecular formula is C19H26N2O3S2. The number of nitrogens with zero attached hydrogens (tertiary/aromatic N) is 2. The molecule has 3 rings (SSSR count). The van der Waals surface area contributed by atoms with Gasteiger partial charge < -0.3 is 4.90 Å². The van der Waals surface area contributed by atoms with E-state index in [9.17, 15) is 13.2 Å². The first kappa shape index (κ1) is 19.3. The molecule has 0 N–H and O–H groups in total. The first-order chi connectivity index (χ1) is 12.2. The summed E-state index contributed by atoms with van der Waals surface area (Å²) < 4.78 is 25.1. The van der Waals surface area contributed by atoms with Crippen molar-refractivity contribution in [2.75, 3.05) is 18.8 Å². The Kier molecular flexibility index (Phi) is 5.40. The van der Waals surface area contributed by atoms with Crippen LogP contribution in [0.4, 0.5) is 0 Å². The summed E-state index contributed by atoms with van der Waals surface area (Å²) in [5.41, 5.74) is 3.78. The normalized spacial score (nSPS) is 17.0. The molecule has 1 amide bonds. The second-order valence-electron chi connectivity index (χ2n) is 8.05. The summed E-state index contributed by atoms with van der Waals surface area (Å²) in [5, 5.41) is 0. The molecule has 0 saturated carbocycles. The van der Waals surface area contributed by atoms with Crippen LogP contribution in [-0.2, 0) is 21.1 Å². The van der Waals surface area contributed by atoms with E-state index >= 15 is 0 Å². The first-order valence-corrected chi connectivity index (χ1v) is 11.5. The molecule has 26 heavy (non-hydrogen) atoms. The van der Waals surface area contributed by atoms with Crippen LogP contribution in [0.25, 0.3) is 10.2 Å². The minimum absolute atomic E-state index is 0.117. The highest BCUT2D eigenvalue weighted by atomic mass is 32.2. The minimum atomic E-state index is -3.11. The van der Waals surface area contributed by atoms with E-state index in [1.54, 1.807) is 32.1 Å². The van der Waals surface area contributed by atoms with E-state index in [1.807, 2.05) is 28.6 Å². The Morgan fingerprint density at radius 2 is 1.96 bits per heavy atom. The van der Waals surface area contributed by atoms with Crippen molar-refractivity contribution in [2.45, 2.75) is 44.8 Å². The molecule has 2 heterocycles. The van der Waals surface area contributed by atoms with Crippen LogP contribution in [0.5, 0.6) is 0 Å². The van der Waals surface area contributed by atoms with Crippen molar-refractivity contribution in [3.63, 3.8) is 0 Å². The van der Waals surface area contributed by atoms with Gasteiger partial charge in [0.25, 0.3) is 0 Å². The molecular weight excluding hydrogens is 368 g/mol. The predicted molar refractivity (Wildman–Crippen MR) is 106 cm³/mol. The average molecular weight is 395 g/mol. The Morgan fingerprint density at radius 3 is 2.62 bits per heavy atom. The maximum Gasteiger partial charge on any atom is 0.226 e. The Morgan fingerprint density at radius 1 is 1.27 bits per heavy atom. The van der Waals surface area contributed by atoms with Gasteiger partial charge in [0.05, 0.1) is 32.6 Å². The zero-order valence-electron chi connectivity index (χ0n) is 15.6. The van der Waals surface area contributed by atoms with Gasteiger partial charge in [-0.25, -0.2) is 13.4 Å². The van der Waals surface area contributed by atoms with E-state index in [2.05, 4.69) is 4.98 Å². The van der Waals surface area contributed by atoms with E-state index in [0.29, 0.717) is 19.5 Å². The van der Waals surface area contributed by atoms with Crippen molar-refractivity contribution in [3.8, 4) is 0 Å². The van der Waals surface area contributed by atoms with Crippen LogP contribution in [0.1, 0.15) is 39.2 Å². The van der Waals surface area contributed by atoms with Gasteiger partial charge >= 0.3 is 0 Å². The summed E-state index contributed by atoms with van der Waals surface area (Å²) >= 11 is 1.58. The lowest BCUT2D eigenvalue weighted by Crippen LogP contribution is -2.42. The van der Waals surface area contributed by atoms with Gasteiger partial charge in [-0.05, 0) is 57.2 Å². The van der Waals surface area contributed by atoms with Crippen molar-refractivity contribution in [2.24, 2.45) is 5.92 Å². The van der Waals surface area contributed by atoms with Gasteiger partial charge in [0.1, 0.15) is 0 Å². The summed E-state index contributed by atoms with van der Waals surface area (Å²) in [5.74, 6) is 0.489. The van der Waals surface area contributed by atoms with Gasteiger partial charge in [-0.3, -0.25) is 4.79 Å². The number of likely N-dealkylation sites (tertiary alicyclic amines) is 1. The topological polar surface area (TPSA) is 67.3 Å². The number of hydrogen-bond donors (Lipinski definition) is 0. The number of aromatic nitrogens is 1. The van der Waals surface area contributed by atoms with Gasteiger partial charge in [-0.2, -0.15) is 0 Å². The lowest BCUT2D eigenvalue weighted by Gasteiger charge is -2.33. The smallest absolute Gasteiger partial charge is 0.226 e. The van der Waals surface area contributed by atoms with Gasteiger partial charge in [0.2, 0.25) is 5.91 Å². The third-order valence-electron chi connectivity index (χ3n) is 5.11. The fraction of sp³-hybridized carbons (Fsp3) is 0.579. The van der Waals surface area contributed by atoms with Crippen LogP contribution in [0, 0.1) is 5.92 Å². The number of fused-ring (bicyclic) bond motifs is 1. The lowest BCUT2D eigenvalue weighted by atomic mass is 9.98. The van der Waals surface area contributed by atoms with Gasteiger partial charge in [0, 0.05) is 13.1 Å². The molecule has 1 aliphatic heterocycles. The number of benzene rings is 1. The molecule has 0 atom stereocenters. The number of carbonyl (C=O) groups excluding carboxylic acids is 1. The summed E-state index contributed by atoms with van der Waals surface area (Å²) in [6.07, 6.45) is 1.91. The molecule has 7 heteroatoms. The number of hydrogen-bond acceptors (Lipinski definition) is 5. The minimum Gasteiger partial charge on any atom is -0.342 e. The highest BCUT2D eigenvalue weighted by Gasteiger charge is 2.33. The molecule has 142 valence electrons. The Balaban J connectivity index is 1.55. The maximum absolute atomic E-state index is 12.6. The highest BCUT2D eigenvalue weighted by molar-refractivity contribution is 7.92. The fourth-order valence-corrected chi connectivity index (χ4v) is 5.40. The van der Waals surface area contributed by atoms with Gasteiger partial charge in [-0.1, -0.05) is 6.07 Å². The molecule has 0 spiro atoms. The van der Waals surface area contributed by atoms with Crippen molar-refractivity contribution in [1.29, 1.82) is 0 Å². The highest BCUT2D eigenvalue weighted by Crippen LogP contribution is 2.25. The molecule has 2 aromatic rings. The zero-order valence-corrected chi connectivity index (χ0v) is 17.2. The monoisotopic (exact) mass is 394 g/mol. The zero-order chi connectivity index (χ0) is 18.9. The summed E-state index contributed by atoms with van der Waals surface area (Å²) in [7, 11) is -3.11. The average Bonchev–Trinajstić information content (AvgIpc) is 3.01. The van der Waals surface area contributed by atoms with Crippen molar-refractivity contribution in [3.05, 3.63) is 29.3 Å². The van der Waals surface area contributed by atoms with E-state index in [1.165, 1.54) is 0 Å². The number of sulfone groups is 1. The standard InChI is InChI=1S/C19H26N2O3S2/c1-19(2,3)26(23,24)12-14-6-8-21(9-7-14)18(22)11-15-4-5-16-17(10-15)25-13-20-16/h4-5,10,13-14H,6-9,11-12H2,1-3H3. The predicted octanol–water partition coefficient (Wildman–Crippen LogP) is 3.29. The number of piperidine rings is 1. The second kappa shape index (κ2) is 7.27. The maximum atomic E-state index is 12.6. The van der Waals surface area contributed by atoms with Crippen molar-refractivity contribution >= 4 is 37.3 Å².